The van der Waals surface area contributed by atoms with Crippen LogP contribution < -0.4 is 9.62 Å². The number of non-ortho nitro benzene ring substituents is 1. The van der Waals surface area contributed by atoms with E-state index < -0.39 is 39.3 Å². The van der Waals surface area contributed by atoms with Crippen LogP contribution in [-0.2, 0) is 32.6 Å². The van der Waals surface area contributed by atoms with E-state index in [0.29, 0.717) is 22.6 Å². The molecule has 3 aromatic rings. The molecule has 2 amide bonds. The third-order valence-corrected chi connectivity index (χ3v) is 8.42. The molecule has 0 saturated heterocycles. The monoisotopic (exact) mass is 614 g/mol. The van der Waals surface area contributed by atoms with E-state index >= 15 is 0 Å². The minimum absolute atomic E-state index is 0.00131. The first-order valence-electron chi connectivity index (χ1n) is 13.4. The molecule has 0 bridgehead atoms. The van der Waals surface area contributed by atoms with Gasteiger partial charge in [-0.3, -0.25) is 24.0 Å². The summed E-state index contributed by atoms with van der Waals surface area (Å²) in [5.41, 5.74) is 1.47. The maximum Gasteiger partial charge on any atom is 0.271 e. The van der Waals surface area contributed by atoms with Crippen LogP contribution in [0.3, 0.4) is 0 Å². The van der Waals surface area contributed by atoms with Crippen molar-refractivity contribution in [2.45, 2.75) is 52.2 Å². The molecule has 2 atom stereocenters. The summed E-state index contributed by atoms with van der Waals surface area (Å²) in [5.74, 6) is -1.07. The number of aryl methyl sites for hydroxylation is 1. The van der Waals surface area contributed by atoms with Gasteiger partial charge in [0.2, 0.25) is 21.8 Å². The fourth-order valence-corrected chi connectivity index (χ4v) is 5.47. The van der Waals surface area contributed by atoms with Crippen molar-refractivity contribution < 1.29 is 22.9 Å². The molecule has 42 heavy (non-hydrogen) atoms. The molecule has 0 fully saturated rings. The van der Waals surface area contributed by atoms with Gasteiger partial charge in [-0.1, -0.05) is 73.1 Å². The summed E-state index contributed by atoms with van der Waals surface area (Å²) >= 11 is 6.46. The molecule has 0 heterocycles. The Labute approximate surface area is 251 Å². The minimum atomic E-state index is -4.08. The van der Waals surface area contributed by atoms with E-state index in [-0.39, 0.29) is 30.4 Å². The zero-order valence-corrected chi connectivity index (χ0v) is 25.6. The summed E-state index contributed by atoms with van der Waals surface area (Å²) in [7, 11) is -4.08. The number of carbonyl (C=O) groups is 2. The van der Waals surface area contributed by atoms with Crippen molar-refractivity contribution in [2.24, 2.45) is 0 Å². The van der Waals surface area contributed by atoms with Gasteiger partial charge in [0.05, 0.1) is 16.9 Å². The number of carbonyl (C=O) groups excluding carboxylic acids is 2. The lowest BCUT2D eigenvalue weighted by Crippen LogP contribution is -2.54. The van der Waals surface area contributed by atoms with Crippen molar-refractivity contribution >= 4 is 44.8 Å². The standard InChI is InChI=1S/C30H35ClN4O6S/c1-5-22(3)32-30(37)28(17-23-11-7-6-8-12-23)33(19-24-13-9-10-14-26(24)31)29(36)20-34(42(4,40)41)27-18-25(35(38)39)16-15-21(27)2/h6-16,18,22,28H,5,17,19-20H2,1-4H3,(H,32,37)/t22-,28-/m1/s1. The molecule has 12 heteroatoms. The predicted octanol–water partition coefficient (Wildman–Crippen LogP) is 4.88. The number of amides is 2. The largest absolute Gasteiger partial charge is 0.352 e. The smallest absolute Gasteiger partial charge is 0.271 e. The van der Waals surface area contributed by atoms with Gasteiger partial charge in [-0.25, -0.2) is 8.42 Å². The molecule has 0 saturated carbocycles. The first-order valence-corrected chi connectivity index (χ1v) is 15.6. The normalized spacial score (nSPS) is 12.7. The van der Waals surface area contributed by atoms with Gasteiger partial charge >= 0.3 is 0 Å². The summed E-state index contributed by atoms with van der Waals surface area (Å²) in [4.78, 5) is 40.0. The molecule has 10 nitrogen and oxygen atoms in total. The Bertz CT molecular complexity index is 1530. The second-order valence-electron chi connectivity index (χ2n) is 10.1. The van der Waals surface area contributed by atoms with Crippen molar-refractivity contribution in [3.05, 3.63) is 105 Å². The molecular formula is C30H35ClN4O6S. The van der Waals surface area contributed by atoms with Crippen LogP contribution in [0.2, 0.25) is 5.02 Å². The van der Waals surface area contributed by atoms with Gasteiger partial charge in [0.25, 0.3) is 5.69 Å². The van der Waals surface area contributed by atoms with Crippen LogP contribution >= 0.6 is 11.6 Å². The van der Waals surface area contributed by atoms with Gasteiger partial charge in [-0.05, 0) is 43.0 Å². The molecule has 1 N–H and O–H groups in total. The van der Waals surface area contributed by atoms with E-state index in [2.05, 4.69) is 5.32 Å². The van der Waals surface area contributed by atoms with Crippen molar-refractivity contribution in [1.82, 2.24) is 10.2 Å². The fraction of sp³-hybridized carbons (Fsp3) is 0.333. The summed E-state index contributed by atoms with van der Waals surface area (Å²) in [6, 6.07) is 18.7. The van der Waals surface area contributed by atoms with Crippen LogP contribution in [0.1, 0.15) is 37.0 Å². The molecule has 0 unspecified atom stereocenters. The maximum atomic E-state index is 14.2. The molecular weight excluding hydrogens is 580 g/mol. The number of nitro groups is 1. The van der Waals surface area contributed by atoms with Crippen LogP contribution in [-0.4, -0.2) is 54.9 Å². The number of hydrogen-bond donors (Lipinski definition) is 1. The summed E-state index contributed by atoms with van der Waals surface area (Å²) in [6.45, 7) is 4.62. The Balaban J connectivity index is 2.12. The van der Waals surface area contributed by atoms with Gasteiger partial charge < -0.3 is 10.2 Å². The average molecular weight is 615 g/mol. The topological polar surface area (TPSA) is 130 Å². The number of benzene rings is 3. The Morgan fingerprint density at radius 1 is 1.05 bits per heavy atom. The number of nitrogens with one attached hydrogen (secondary N) is 1. The SMILES string of the molecule is CC[C@@H](C)NC(=O)[C@@H](Cc1ccccc1)N(Cc1ccccc1Cl)C(=O)CN(c1cc([N+](=O)[O-])ccc1C)S(C)(=O)=O. The van der Waals surface area contributed by atoms with Crippen molar-refractivity contribution in [2.75, 3.05) is 17.1 Å². The van der Waals surface area contributed by atoms with Gasteiger partial charge in [0, 0.05) is 36.2 Å². The van der Waals surface area contributed by atoms with E-state index in [1.54, 1.807) is 31.2 Å². The molecule has 3 rings (SSSR count). The highest BCUT2D eigenvalue weighted by molar-refractivity contribution is 7.92. The average Bonchev–Trinajstić information content (AvgIpc) is 2.94. The summed E-state index contributed by atoms with van der Waals surface area (Å²) in [5, 5.41) is 14.8. The molecule has 0 spiro atoms. The maximum absolute atomic E-state index is 14.2. The highest BCUT2D eigenvalue weighted by atomic mass is 35.5. The second kappa shape index (κ2) is 14.3. The first-order chi connectivity index (χ1) is 19.8. The molecule has 0 aliphatic carbocycles. The van der Waals surface area contributed by atoms with Crippen LogP contribution in [0.15, 0.2) is 72.8 Å². The highest BCUT2D eigenvalue weighted by Crippen LogP contribution is 2.28. The van der Waals surface area contributed by atoms with E-state index in [0.717, 1.165) is 22.2 Å². The van der Waals surface area contributed by atoms with E-state index in [9.17, 15) is 28.1 Å². The number of nitrogens with zero attached hydrogens (tertiary/aromatic N) is 3. The molecule has 224 valence electrons. The van der Waals surface area contributed by atoms with Crippen LogP contribution in [0.4, 0.5) is 11.4 Å². The number of halogens is 1. The van der Waals surface area contributed by atoms with Crippen molar-refractivity contribution in [3.8, 4) is 0 Å². The van der Waals surface area contributed by atoms with Gasteiger partial charge in [0.1, 0.15) is 12.6 Å². The van der Waals surface area contributed by atoms with Crippen molar-refractivity contribution in [3.63, 3.8) is 0 Å². The quantitative estimate of drug-likeness (QED) is 0.216. The number of rotatable bonds is 13. The summed E-state index contributed by atoms with van der Waals surface area (Å²) < 4.78 is 26.8. The molecule has 0 aliphatic heterocycles. The molecule has 3 aromatic carbocycles. The number of hydrogen-bond acceptors (Lipinski definition) is 6. The van der Waals surface area contributed by atoms with Gasteiger partial charge in [0.15, 0.2) is 0 Å². The first kappa shape index (κ1) is 32.6. The van der Waals surface area contributed by atoms with Crippen LogP contribution in [0.5, 0.6) is 0 Å². The fourth-order valence-electron chi connectivity index (χ4n) is 4.38. The van der Waals surface area contributed by atoms with Crippen LogP contribution in [0.25, 0.3) is 0 Å². The number of sulfonamides is 1. The predicted molar refractivity (Wildman–Crippen MR) is 164 cm³/mol. The van der Waals surface area contributed by atoms with Crippen LogP contribution in [0, 0.1) is 17.0 Å². The lowest BCUT2D eigenvalue weighted by atomic mass is 10.0. The van der Waals surface area contributed by atoms with E-state index in [1.165, 1.54) is 17.0 Å². The van der Waals surface area contributed by atoms with Crippen molar-refractivity contribution in [1.29, 1.82) is 0 Å². The Kier molecular flexibility index (Phi) is 11.1. The Morgan fingerprint density at radius 2 is 1.69 bits per heavy atom. The van der Waals surface area contributed by atoms with E-state index in [4.69, 9.17) is 11.6 Å². The second-order valence-corrected chi connectivity index (χ2v) is 12.4. The molecule has 0 aromatic heterocycles. The number of nitro benzene ring substituents is 1. The Hall–Kier alpha value is -3.96. The minimum Gasteiger partial charge on any atom is -0.352 e. The zero-order chi connectivity index (χ0) is 31.0. The van der Waals surface area contributed by atoms with Gasteiger partial charge in [-0.2, -0.15) is 0 Å². The molecule has 0 radical (unpaired) electrons. The summed E-state index contributed by atoms with van der Waals surface area (Å²) in [6.07, 6.45) is 1.75. The lowest BCUT2D eigenvalue weighted by molar-refractivity contribution is -0.384. The zero-order valence-electron chi connectivity index (χ0n) is 24.0. The van der Waals surface area contributed by atoms with E-state index in [1.807, 2.05) is 44.2 Å². The third-order valence-electron chi connectivity index (χ3n) is 6.92. The van der Waals surface area contributed by atoms with Gasteiger partial charge in [-0.15, -0.1) is 0 Å². The number of anilines is 1. The molecule has 0 aliphatic rings. The highest BCUT2D eigenvalue weighted by Gasteiger charge is 2.34. The third kappa shape index (κ3) is 8.53. The Morgan fingerprint density at radius 3 is 2.29 bits per heavy atom. The lowest BCUT2D eigenvalue weighted by Gasteiger charge is -2.34.